The first kappa shape index (κ1) is 14.3. The van der Waals surface area contributed by atoms with Crippen LogP contribution in [-0.4, -0.2) is 6.29 Å². The van der Waals surface area contributed by atoms with Crippen molar-refractivity contribution in [3.8, 4) is 0 Å². The van der Waals surface area contributed by atoms with Crippen LogP contribution in [-0.2, 0) is 4.79 Å². The summed E-state index contributed by atoms with van der Waals surface area (Å²) in [4.78, 5) is 11.1. The molecule has 2 atom stereocenters. The molecule has 2 aromatic carbocycles. The first-order chi connectivity index (χ1) is 9.72. The molecule has 1 heteroatoms. The molecule has 0 aliphatic rings. The zero-order valence-electron chi connectivity index (χ0n) is 12.0. The van der Waals surface area contributed by atoms with Crippen molar-refractivity contribution in [2.24, 2.45) is 11.8 Å². The molecule has 0 heterocycles. The van der Waals surface area contributed by atoms with Crippen LogP contribution in [0.5, 0.6) is 0 Å². The Labute approximate surface area is 121 Å². The maximum Gasteiger partial charge on any atom is 0.123 e. The second-order valence-electron chi connectivity index (χ2n) is 5.16. The number of carbonyl (C=O) groups excluding carboxylic acids is 1. The van der Waals surface area contributed by atoms with E-state index in [0.717, 1.165) is 11.8 Å². The minimum Gasteiger partial charge on any atom is -0.303 e. The number of hydrogen-bond acceptors (Lipinski definition) is 1. The summed E-state index contributed by atoms with van der Waals surface area (Å²) in [5.74, 6) is 0.195. The first-order valence-corrected chi connectivity index (χ1v) is 6.99. The Morgan fingerprint density at radius 3 is 2.00 bits per heavy atom. The zero-order valence-corrected chi connectivity index (χ0v) is 12.0. The van der Waals surface area contributed by atoms with E-state index in [4.69, 9.17) is 0 Å². The number of benzene rings is 2. The lowest BCUT2D eigenvalue weighted by molar-refractivity contribution is -0.111. The van der Waals surface area contributed by atoms with Gasteiger partial charge in [0.2, 0.25) is 0 Å². The van der Waals surface area contributed by atoms with E-state index in [2.05, 4.69) is 37.3 Å². The lowest BCUT2D eigenvalue weighted by Gasteiger charge is -2.19. The molecule has 102 valence electrons. The van der Waals surface area contributed by atoms with Gasteiger partial charge < -0.3 is 4.79 Å². The molecule has 0 spiro atoms. The highest BCUT2D eigenvalue weighted by Crippen LogP contribution is 2.30. The molecule has 0 radical (unpaired) electrons. The van der Waals surface area contributed by atoms with E-state index in [0.29, 0.717) is 0 Å². The highest BCUT2D eigenvalue weighted by atomic mass is 16.1. The van der Waals surface area contributed by atoms with E-state index in [-0.39, 0.29) is 11.8 Å². The highest BCUT2D eigenvalue weighted by Gasteiger charge is 2.17. The smallest absolute Gasteiger partial charge is 0.123 e. The van der Waals surface area contributed by atoms with Crippen molar-refractivity contribution in [1.82, 2.24) is 0 Å². The van der Waals surface area contributed by atoms with Gasteiger partial charge in [0.25, 0.3) is 0 Å². The van der Waals surface area contributed by atoms with Crippen LogP contribution in [0.25, 0.3) is 11.6 Å². The van der Waals surface area contributed by atoms with E-state index >= 15 is 0 Å². The van der Waals surface area contributed by atoms with Crippen LogP contribution in [0.3, 0.4) is 0 Å². The third-order valence-corrected chi connectivity index (χ3v) is 3.72. The lowest BCUT2D eigenvalue weighted by atomic mass is 9.84. The molecule has 0 aliphatic carbocycles. The summed E-state index contributed by atoms with van der Waals surface area (Å²) in [5.41, 5.74) is 3.55. The maximum atomic E-state index is 11.1. The molecule has 0 aliphatic heterocycles. The van der Waals surface area contributed by atoms with Crippen molar-refractivity contribution in [2.45, 2.75) is 13.8 Å². The molecule has 0 amide bonds. The number of allylic oxidation sites excluding steroid dienone is 1. The van der Waals surface area contributed by atoms with Gasteiger partial charge in [0.15, 0.2) is 0 Å². The molecule has 0 saturated carbocycles. The quantitative estimate of drug-likeness (QED) is 0.565. The van der Waals surface area contributed by atoms with Crippen LogP contribution >= 0.6 is 0 Å². The Morgan fingerprint density at radius 1 is 0.900 bits per heavy atom. The summed E-state index contributed by atoms with van der Waals surface area (Å²) >= 11 is 0. The number of rotatable bonds is 5. The average molecular weight is 264 g/mol. The average Bonchev–Trinajstić information content (AvgIpc) is 2.53. The van der Waals surface area contributed by atoms with Crippen molar-refractivity contribution in [3.63, 3.8) is 0 Å². The molecule has 1 nitrogen and oxygen atoms in total. The van der Waals surface area contributed by atoms with Gasteiger partial charge in [-0.05, 0) is 22.6 Å². The van der Waals surface area contributed by atoms with Crippen LogP contribution in [0.1, 0.15) is 25.0 Å². The molecule has 0 aromatic heterocycles. The van der Waals surface area contributed by atoms with Crippen molar-refractivity contribution in [2.75, 3.05) is 0 Å². The van der Waals surface area contributed by atoms with Gasteiger partial charge in [-0.1, -0.05) is 80.6 Å². The molecule has 2 rings (SSSR count). The predicted octanol–water partition coefficient (Wildman–Crippen LogP) is 4.70. The number of carbonyl (C=O) groups is 1. The minimum absolute atomic E-state index is 0.00479. The van der Waals surface area contributed by atoms with Gasteiger partial charge >= 0.3 is 0 Å². The Hall–Kier alpha value is -2.15. The van der Waals surface area contributed by atoms with Gasteiger partial charge in [0.1, 0.15) is 6.29 Å². The first-order valence-electron chi connectivity index (χ1n) is 6.99. The van der Waals surface area contributed by atoms with Crippen LogP contribution in [0, 0.1) is 11.8 Å². The lowest BCUT2D eigenvalue weighted by Crippen LogP contribution is -2.11. The van der Waals surface area contributed by atoms with Gasteiger partial charge in [-0.3, -0.25) is 0 Å². The summed E-state index contributed by atoms with van der Waals surface area (Å²) < 4.78 is 0. The molecule has 0 N–H and O–H groups in total. The van der Waals surface area contributed by atoms with E-state index in [1.54, 1.807) is 0 Å². The van der Waals surface area contributed by atoms with Gasteiger partial charge in [-0.2, -0.15) is 0 Å². The molecule has 0 bridgehead atoms. The number of hydrogen-bond donors (Lipinski definition) is 0. The third-order valence-electron chi connectivity index (χ3n) is 3.72. The Balaban J connectivity index is 2.45. The number of aldehydes is 1. The van der Waals surface area contributed by atoms with Crippen LogP contribution in [0.15, 0.2) is 60.7 Å². The summed E-state index contributed by atoms with van der Waals surface area (Å²) in [5, 5.41) is 0. The summed E-state index contributed by atoms with van der Waals surface area (Å²) in [6, 6.07) is 20.5. The molecule has 0 saturated heterocycles. The van der Waals surface area contributed by atoms with Crippen molar-refractivity contribution in [1.29, 1.82) is 0 Å². The molecule has 2 unspecified atom stereocenters. The molecule has 2 aromatic rings. The summed E-state index contributed by atoms with van der Waals surface area (Å²) in [7, 11) is 0. The van der Waals surface area contributed by atoms with Gasteiger partial charge in [-0.25, -0.2) is 0 Å². The SMILES string of the molecule is CC(C=O)C(C)/C(=C\c1ccccc1)c1ccccc1. The topological polar surface area (TPSA) is 17.1 Å². The monoisotopic (exact) mass is 264 g/mol. The molecular weight excluding hydrogens is 244 g/mol. The minimum atomic E-state index is 0.00479. The van der Waals surface area contributed by atoms with Crippen molar-refractivity contribution >= 4 is 17.9 Å². The second-order valence-corrected chi connectivity index (χ2v) is 5.16. The zero-order chi connectivity index (χ0) is 14.4. The summed E-state index contributed by atoms with van der Waals surface area (Å²) in [6.07, 6.45) is 3.21. The van der Waals surface area contributed by atoms with Crippen LogP contribution < -0.4 is 0 Å². The van der Waals surface area contributed by atoms with Gasteiger partial charge in [0.05, 0.1) is 0 Å². The fraction of sp³-hybridized carbons (Fsp3) is 0.211. The van der Waals surface area contributed by atoms with Gasteiger partial charge in [-0.15, -0.1) is 0 Å². The summed E-state index contributed by atoms with van der Waals surface area (Å²) in [6.45, 7) is 4.08. The van der Waals surface area contributed by atoms with Gasteiger partial charge in [0, 0.05) is 5.92 Å². The van der Waals surface area contributed by atoms with Crippen LogP contribution in [0.2, 0.25) is 0 Å². The van der Waals surface area contributed by atoms with E-state index in [1.165, 1.54) is 11.1 Å². The Bertz CT molecular complexity index is 569. The molecule has 20 heavy (non-hydrogen) atoms. The van der Waals surface area contributed by atoms with E-state index < -0.39 is 0 Å². The van der Waals surface area contributed by atoms with Crippen LogP contribution in [0.4, 0.5) is 0 Å². The Kier molecular flexibility index (Phi) is 4.89. The molecular formula is C19H20O. The van der Waals surface area contributed by atoms with Crippen molar-refractivity contribution < 1.29 is 4.79 Å². The van der Waals surface area contributed by atoms with E-state index in [9.17, 15) is 4.79 Å². The molecule has 0 fully saturated rings. The maximum absolute atomic E-state index is 11.1. The van der Waals surface area contributed by atoms with E-state index in [1.807, 2.05) is 43.3 Å². The predicted molar refractivity (Wildman–Crippen MR) is 85.1 cm³/mol. The highest BCUT2D eigenvalue weighted by molar-refractivity contribution is 5.84. The second kappa shape index (κ2) is 6.85. The van der Waals surface area contributed by atoms with Crippen molar-refractivity contribution in [3.05, 3.63) is 71.8 Å². The fourth-order valence-electron chi connectivity index (χ4n) is 2.24. The normalized spacial score (nSPS) is 14.6. The standard InChI is InChI=1S/C19H20O/c1-15(14-20)16(2)19(18-11-7-4-8-12-18)13-17-9-5-3-6-10-17/h3-16H,1-2H3/b19-13+. The fourth-order valence-corrected chi connectivity index (χ4v) is 2.24. The largest absolute Gasteiger partial charge is 0.303 e. The third kappa shape index (κ3) is 3.45. The Morgan fingerprint density at radius 2 is 1.45 bits per heavy atom.